The second kappa shape index (κ2) is 4.94. The van der Waals surface area contributed by atoms with E-state index in [1.54, 1.807) is 12.1 Å². The Kier molecular flexibility index (Phi) is 3.59. The largest absolute Gasteiger partial charge is 0.446 e. The second-order valence-corrected chi connectivity index (χ2v) is 4.66. The van der Waals surface area contributed by atoms with Gasteiger partial charge in [-0.1, -0.05) is 6.42 Å². The summed E-state index contributed by atoms with van der Waals surface area (Å²) in [5.41, 5.74) is 0. The normalized spacial score (nSPS) is 21.5. The summed E-state index contributed by atoms with van der Waals surface area (Å²) < 4.78 is 5.84. The third-order valence-corrected chi connectivity index (χ3v) is 3.12. The lowest BCUT2D eigenvalue weighted by Gasteiger charge is -2.22. The van der Waals surface area contributed by atoms with Crippen LogP contribution >= 0.6 is 15.9 Å². The van der Waals surface area contributed by atoms with Crippen molar-refractivity contribution in [2.24, 2.45) is 0 Å². The summed E-state index contributed by atoms with van der Waals surface area (Å²) in [6.45, 7) is 1.03. The van der Waals surface area contributed by atoms with Gasteiger partial charge in [0.2, 0.25) is 0 Å². The molecule has 0 bridgehead atoms. The van der Waals surface area contributed by atoms with Crippen molar-refractivity contribution >= 4 is 21.7 Å². The maximum absolute atomic E-state index is 11.8. The summed E-state index contributed by atoms with van der Waals surface area (Å²) in [7, 11) is 0. The molecule has 1 aromatic rings. The molecule has 1 fully saturated rings. The first-order valence-corrected chi connectivity index (χ1v) is 6.07. The lowest BCUT2D eigenvalue weighted by atomic mass is 9.99. The van der Waals surface area contributed by atoms with Gasteiger partial charge in [0.15, 0.2) is 16.2 Å². The summed E-state index contributed by atoms with van der Waals surface area (Å²) >= 11 is 3.19. The van der Waals surface area contributed by atoms with Crippen LogP contribution in [0.3, 0.4) is 0 Å². The number of piperidine rings is 1. The fourth-order valence-corrected chi connectivity index (χ4v) is 2.19. The Balaban J connectivity index is 1.91. The van der Waals surface area contributed by atoms with Crippen LogP contribution in [0.1, 0.15) is 36.2 Å². The number of hydrogen-bond acceptors (Lipinski definition) is 3. The Morgan fingerprint density at radius 3 is 3.00 bits per heavy atom. The SMILES string of the molecule is O=C(CC1CCCCN1)c1ccc(Br)o1. The monoisotopic (exact) mass is 271 g/mol. The van der Waals surface area contributed by atoms with Crippen LogP contribution in [0.15, 0.2) is 21.2 Å². The Morgan fingerprint density at radius 2 is 2.40 bits per heavy atom. The molecule has 15 heavy (non-hydrogen) atoms. The fraction of sp³-hybridized carbons (Fsp3) is 0.545. The van der Waals surface area contributed by atoms with Gasteiger partial charge in [-0.3, -0.25) is 4.79 Å². The highest BCUT2D eigenvalue weighted by Crippen LogP contribution is 2.18. The lowest BCUT2D eigenvalue weighted by molar-refractivity contribution is 0.0935. The molecule has 0 aromatic carbocycles. The molecule has 0 radical (unpaired) electrons. The van der Waals surface area contributed by atoms with E-state index in [1.807, 2.05) is 0 Å². The number of rotatable bonds is 3. The minimum absolute atomic E-state index is 0.0834. The number of Topliss-reactive ketones (excluding diaryl/α,β-unsaturated/α-hetero) is 1. The maximum Gasteiger partial charge on any atom is 0.199 e. The summed E-state index contributed by atoms with van der Waals surface area (Å²) in [5, 5.41) is 3.35. The zero-order valence-electron chi connectivity index (χ0n) is 8.46. The van der Waals surface area contributed by atoms with Crippen LogP contribution in [-0.2, 0) is 0 Å². The van der Waals surface area contributed by atoms with Crippen LogP contribution in [0, 0.1) is 0 Å². The molecule has 0 saturated carbocycles. The van der Waals surface area contributed by atoms with Crippen LogP contribution in [0.2, 0.25) is 0 Å². The van der Waals surface area contributed by atoms with Crippen molar-refractivity contribution in [1.82, 2.24) is 5.32 Å². The van der Waals surface area contributed by atoms with E-state index in [4.69, 9.17) is 4.42 Å². The molecule has 0 aliphatic carbocycles. The quantitative estimate of drug-likeness (QED) is 0.860. The van der Waals surface area contributed by atoms with Crippen LogP contribution in [0.4, 0.5) is 0 Å². The van der Waals surface area contributed by atoms with Crippen LogP contribution < -0.4 is 5.32 Å². The first kappa shape index (κ1) is 10.9. The van der Waals surface area contributed by atoms with Crippen molar-refractivity contribution in [2.45, 2.75) is 31.7 Å². The van der Waals surface area contributed by atoms with Gasteiger partial charge in [0.05, 0.1) is 0 Å². The van der Waals surface area contributed by atoms with Crippen molar-refractivity contribution in [3.63, 3.8) is 0 Å². The average molecular weight is 272 g/mol. The molecule has 2 heterocycles. The van der Waals surface area contributed by atoms with Crippen molar-refractivity contribution in [1.29, 1.82) is 0 Å². The van der Waals surface area contributed by atoms with Gasteiger partial charge in [-0.2, -0.15) is 0 Å². The highest BCUT2D eigenvalue weighted by molar-refractivity contribution is 9.10. The molecule has 1 aliphatic rings. The molecule has 0 spiro atoms. The molecule has 1 aliphatic heterocycles. The van der Waals surface area contributed by atoms with Crippen molar-refractivity contribution in [3.8, 4) is 0 Å². The third-order valence-electron chi connectivity index (χ3n) is 2.69. The predicted octanol–water partition coefficient (Wildman–Crippen LogP) is 2.76. The van der Waals surface area contributed by atoms with Crippen LogP contribution in [-0.4, -0.2) is 18.4 Å². The molecule has 3 nitrogen and oxygen atoms in total. The molecular weight excluding hydrogens is 258 g/mol. The minimum atomic E-state index is 0.0834. The standard InChI is InChI=1S/C11H14BrNO2/c12-11-5-4-10(15-11)9(14)7-8-3-1-2-6-13-8/h4-5,8,13H,1-3,6-7H2. The predicted molar refractivity (Wildman–Crippen MR) is 61.0 cm³/mol. The van der Waals surface area contributed by atoms with Crippen LogP contribution in [0.25, 0.3) is 0 Å². The molecular formula is C11H14BrNO2. The third kappa shape index (κ3) is 2.92. The van der Waals surface area contributed by atoms with Gasteiger partial charge in [-0.15, -0.1) is 0 Å². The summed E-state index contributed by atoms with van der Waals surface area (Å²) in [4.78, 5) is 11.8. The van der Waals surface area contributed by atoms with Gasteiger partial charge in [-0.25, -0.2) is 0 Å². The van der Waals surface area contributed by atoms with Crippen molar-refractivity contribution in [3.05, 3.63) is 22.6 Å². The molecule has 4 heteroatoms. The van der Waals surface area contributed by atoms with E-state index in [1.165, 1.54) is 12.8 Å². The number of nitrogens with one attached hydrogen (secondary N) is 1. The summed E-state index contributed by atoms with van der Waals surface area (Å²) in [5.74, 6) is 0.536. The first-order valence-electron chi connectivity index (χ1n) is 5.27. The first-order chi connectivity index (χ1) is 7.25. The minimum Gasteiger partial charge on any atom is -0.446 e. The van der Waals surface area contributed by atoms with Gasteiger partial charge in [0.1, 0.15) is 0 Å². The molecule has 1 N–H and O–H groups in total. The van der Waals surface area contributed by atoms with E-state index in [9.17, 15) is 4.79 Å². The zero-order chi connectivity index (χ0) is 10.7. The molecule has 82 valence electrons. The Labute approximate surface area is 97.4 Å². The smallest absolute Gasteiger partial charge is 0.199 e. The van der Waals surface area contributed by atoms with Gasteiger partial charge < -0.3 is 9.73 Å². The number of halogens is 1. The van der Waals surface area contributed by atoms with E-state index in [0.717, 1.165) is 13.0 Å². The molecule has 1 unspecified atom stereocenters. The molecule has 0 amide bonds. The van der Waals surface area contributed by atoms with E-state index < -0.39 is 0 Å². The summed E-state index contributed by atoms with van der Waals surface area (Å²) in [6.07, 6.45) is 4.07. The van der Waals surface area contributed by atoms with E-state index in [2.05, 4.69) is 21.2 Å². The zero-order valence-corrected chi connectivity index (χ0v) is 10.0. The number of carbonyl (C=O) groups is 1. The van der Waals surface area contributed by atoms with Gasteiger partial charge in [0.25, 0.3) is 0 Å². The van der Waals surface area contributed by atoms with Crippen LogP contribution in [0.5, 0.6) is 0 Å². The molecule has 1 saturated heterocycles. The highest BCUT2D eigenvalue weighted by Gasteiger charge is 2.19. The second-order valence-electron chi connectivity index (χ2n) is 3.88. The number of furan rings is 1. The fourth-order valence-electron chi connectivity index (χ4n) is 1.89. The number of carbonyl (C=O) groups excluding carboxylic acids is 1. The molecule has 1 atom stereocenters. The van der Waals surface area contributed by atoms with Gasteiger partial charge >= 0.3 is 0 Å². The Bertz CT molecular complexity index is 342. The van der Waals surface area contributed by atoms with Gasteiger partial charge in [-0.05, 0) is 47.4 Å². The van der Waals surface area contributed by atoms with Crippen molar-refractivity contribution in [2.75, 3.05) is 6.54 Å². The Hall–Kier alpha value is -0.610. The van der Waals surface area contributed by atoms with E-state index in [0.29, 0.717) is 22.9 Å². The molecule has 1 aromatic heterocycles. The summed E-state index contributed by atoms with van der Waals surface area (Å²) in [6, 6.07) is 3.80. The number of hydrogen-bond donors (Lipinski definition) is 1. The van der Waals surface area contributed by atoms with E-state index in [-0.39, 0.29) is 5.78 Å². The maximum atomic E-state index is 11.8. The lowest BCUT2D eigenvalue weighted by Crippen LogP contribution is -2.35. The Morgan fingerprint density at radius 1 is 1.53 bits per heavy atom. The highest BCUT2D eigenvalue weighted by atomic mass is 79.9. The number of ketones is 1. The topological polar surface area (TPSA) is 42.2 Å². The van der Waals surface area contributed by atoms with E-state index >= 15 is 0 Å². The van der Waals surface area contributed by atoms with Gasteiger partial charge in [0, 0.05) is 12.5 Å². The van der Waals surface area contributed by atoms with Crippen molar-refractivity contribution < 1.29 is 9.21 Å². The molecule has 2 rings (SSSR count). The average Bonchev–Trinajstić information content (AvgIpc) is 2.66.